The van der Waals surface area contributed by atoms with Crippen molar-refractivity contribution in [1.29, 1.82) is 0 Å². The molecule has 0 fully saturated rings. The zero-order chi connectivity index (χ0) is 13.5. The molecule has 0 aromatic heterocycles. The predicted octanol–water partition coefficient (Wildman–Crippen LogP) is 4.70. The SMILES string of the molecule is Clc1ccccc1COCCOc1cccc(Br)c1. The molecule has 19 heavy (non-hydrogen) atoms. The number of hydrogen-bond acceptors (Lipinski definition) is 2. The van der Waals surface area contributed by atoms with Gasteiger partial charge in [-0.1, -0.05) is 51.8 Å². The van der Waals surface area contributed by atoms with E-state index in [2.05, 4.69) is 15.9 Å². The maximum absolute atomic E-state index is 6.03. The maximum atomic E-state index is 6.03. The molecule has 4 heteroatoms. The number of halogens is 2. The average Bonchev–Trinajstić information content (AvgIpc) is 2.40. The quantitative estimate of drug-likeness (QED) is 0.709. The van der Waals surface area contributed by atoms with Crippen LogP contribution in [0.2, 0.25) is 5.02 Å². The molecule has 0 amide bonds. The van der Waals surface area contributed by atoms with Crippen LogP contribution >= 0.6 is 27.5 Å². The minimum atomic E-state index is 0.502. The Balaban J connectivity index is 1.69. The monoisotopic (exact) mass is 340 g/mol. The average molecular weight is 342 g/mol. The van der Waals surface area contributed by atoms with Crippen LogP contribution < -0.4 is 4.74 Å². The Morgan fingerprint density at radius 1 is 1.00 bits per heavy atom. The Labute approximate surface area is 126 Å². The Bertz CT molecular complexity index is 531. The highest BCUT2D eigenvalue weighted by Crippen LogP contribution is 2.18. The summed E-state index contributed by atoms with van der Waals surface area (Å²) in [4.78, 5) is 0. The first kappa shape index (κ1) is 14.4. The van der Waals surface area contributed by atoms with Gasteiger partial charge >= 0.3 is 0 Å². The Hall–Kier alpha value is -1.03. The van der Waals surface area contributed by atoms with Crippen molar-refractivity contribution < 1.29 is 9.47 Å². The van der Waals surface area contributed by atoms with Crippen molar-refractivity contribution in [2.45, 2.75) is 6.61 Å². The van der Waals surface area contributed by atoms with Crippen molar-refractivity contribution in [2.24, 2.45) is 0 Å². The molecule has 0 aliphatic rings. The highest BCUT2D eigenvalue weighted by molar-refractivity contribution is 9.10. The molecule has 0 bridgehead atoms. The van der Waals surface area contributed by atoms with E-state index in [9.17, 15) is 0 Å². The van der Waals surface area contributed by atoms with Gasteiger partial charge in [-0.15, -0.1) is 0 Å². The molecule has 0 saturated heterocycles. The minimum absolute atomic E-state index is 0.502. The minimum Gasteiger partial charge on any atom is -0.491 e. The van der Waals surface area contributed by atoms with Crippen LogP contribution in [0.5, 0.6) is 5.75 Å². The van der Waals surface area contributed by atoms with E-state index in [0.717, 1.165) is 20.8 Å². The first-order valence-corrected chi connectivity index (χ1v) is 7.12. The van der Waals surface area contributed by atoms with E-state index in [1.165, 1.54) is 0 Å². The number of ether oxygens (including phenoxy) is 2. The molecule has 0 saturated carbocycles. The first-order chi connectivity index (χ1) is 9.25. The molecule has 0 radical (unpaired) electrons. The van der Waals surface area contributed by atoms with Gasteiger partial charge in [-0.2, -0.15) is 0 Å². The standard InChI is InChI=1S/C15H14BrClO2/c16-13-5-3-6-14(10-13)19-9-8-18-11-12-4-1-2-7-15(12)17/h1-7,10H,8-9,11H2. The van der Waals surface area contributed by atoms with E-state index in [4.69, 9.17) is 21.1 Å². The molecule has 0 spiro atoms. The third kappa shape index (κ3) is 4.86. The molecular weight excluding hydrogens is 328 g/mol. The zero-order valence-corrected chi connectivity index (χ0v) is 12.7. The van der Waals surface area contributed by atoms with Crippen molar-refractivity contribution in [3.05, 3.63) is 63.6 Å². The molecule has 0 heterocycles. The Morgan fingerprint density at radius 2 is 1.84 bits per heavy atom. The van der Waals surface area contributed by atoms with Crippen LogP contribution in [0.3, 0.4) is 0 Å². The summed E-state index contributed by atoms with van der Waals surface area (Å²) in [5, 5.41) is 0.732. The van der Waals surface area contributed by atoms with Crippen LogP contribution in [-0.2, 0) is 11.3 Å². The fourth-order valence-electron chi connectivity index (χ4n) is 1.57. The number of hydrogen-bond donors (Lipinski definition) is 0. The fraction of sp³-hybridized carbons (Fsp3) is 0.200. The summed E-state index contributed by atoms with van der Waals surface area (Å²) >= 11 is 9.43. The summed E-state index contributed by atoms with van der Waals surface area (Å²) in [6.45, 7) is 1.54. The van der Waals surface area contributed by atoms with E-state index in [0.29, 0.717) is 19.8 Å². The topological polar surface area (TPSA) is 18.5 Å². The van der Waals surface area contributed by atoms with Gasteiger partial charge < -0.3 is 9.47 Å². The second-order valence-electron chi connectivity index (χ2n) is 3.95. The summed E-state index contributed by atoms with van der Waals surface area (Å²) in [6, 6.07) is 15.4. The summed E-state index contributed by atoms with van der Waals surface area (Å²) in [7, 11) is 0. The molecule has 2 aromatic carbocycles. The molecule has 0 atom stereocenters. The highest BCUT2D eigenvalue weighted by atomic mass is 79.9. The van der Waals surface area contributed by atoms with Gasteiger partial charge in [0.2, 0.25) is 0 Å². The zero-order valence-electron chi connectivity index (χ0n) is 10.3. The summed E-state index contributed by atoms with van der Waals surface area (Å²) < 4.78 is 12.1. The van der Waals surface area contributed by atoms with Crippen molar-refractivity contribution in [3.8, 4) is 5.75 Å². The van der Waals surface area contributed by atoms with Crippen molar-refractivity contribution in [2.75, 3.05) is 13.2 Å². The second kappa shape index (κ2) is 7.53. The van der Waals surface area contributed by atoms with Crippen LogP contribution in [0.25, 0.3) is 0 Å². The van der Waals surface area contributed by atoms with Gasteiger partial charge in [-0.05, 0) is 29.8 Å². The molecule has 2 aromatic rings. The van der Waals surface area contributed by atoms with Gasteiger partial charge in [0.05, 0.1) is 13.2 Å². The molecule has 0 aliphatic heterocycles. The van der Waals surface area contributed by atoms with Crippen LogP contribution in [0, 0.1) is 0 Å². The van der Waals surface area contributed by atoms with Gasteiger partial charge in [-0.3, -0.25) is 0 Å². The highest BCUT2D eigenvalue weighted by Gasteiger charge is 1.99. The van der Waals surface area contributed by atoms with Crippen molar-refractivity contribution in [1.82, 2.24) is 0 Å². The lowest BCUT2D eigenvalue weighted by molar-refractivity contribution is 0.0889. The molecule has 0 N–H and O–H groups in total. The van der Waals surface area contributed by atoms with E-state index >= 15 is 0 Å². The van der Waals surface area contributed by atoms with Gasteiger partial charge in [0, 0.05) is 9.50 Å². The number of rotatable bonds is 6. The summed E-state index contributed by atoms with van der Waals surface area (Å²) in [5.41, 5.74) is 0.992. The second-order valence-corrected chi connectivity index (χ2v) is 5.27. The Morgan fingerprint density at radius 3 is 2.63 bits per heavy atom. The molecule has 2 nitrogen and oxygen atoms in total. The third-order valence-electron chi connectivity index (χ3n) is 2.51. The van der Waals surface area contributed by atoms with E-state index in [1.807, 2.05) is 48.5 Å². The lowest BCUT2D eigenvalue weighted by Crippen LogP contribution is -2.06. The predicted molar refractivity (Wildman–Crippen MR) is 80.7 cm³/mol. The molecule has 0 aliphatic carbocycles. The van der Waals surface area contributed by atoms with Crippen molar-refractivity contribution in [3.63, 3.8) is 0 Å². The smallest absolute Gasteiger partial charge is 0.120 e. The van der Waals surface area contributed by atoms with E-state index in [1.54, 1.807) is 0 Å². The molecule has 0 unspecified atom stereocenters. The largest absolute Gasteiger partial charge is 0.491 e. The van der Waals surface area contributed by atoms with Gasteiger partial charge in [0.15, 0.2) is 0 Å². The van der Waals surface area contributed by atoms with E-state index in [-0.39, 0.29) is 0 Å². The molecular formula is C15H14BrClO2. The van der Waals surface area contributed by atoms with Crippen LogP contribution in [0.1, 0.15) is 5.56 Å². The Kier molecular flexibility index (Phi) is 5.70. The fourth-order valence-corrected chi connectivity index (χ4v) is 2.14. The van der Waals surface area contributed by atoms with Gasteiger partial charge in [0.1, 0.15) is 12.4 Å². The molecule has 100 valence electrons. The van der Waals surface area contributed by atoms with E-state index < -0.39 is 0 Å². The van der Waals surface area contributed by atoms with Crippen LogP contribution in [-0.4, -0.2) is 13.2 Å². The molecule has 2 rings (SSSR count). The lowest BCUT2D eigenvalue weighted by atomic mass is 10.2. The van der Waals surface area contributed by atoms with Gasteiger partial charge in [-0.25, -0.2) is 0 Å². The van der Waals surface area contributed by atoms with Crippen LogP contribution in [0.4, 0.5) is 0 Å². The normalized spacial score (nSPS) is 10.4. The third-order valence-corrected chi connectivity index (χ3v) is 3.37. The maximum Gasteiger partial charge on any atom is 0.120 e. The summed E-state index contributed by atoms with van der Waals surface area (Å²) in [6.07, 6.45) is 0. The van der Waals surface area contributed by atoms with Crippen molar-refractivity contribution >= 4 is 27.5 Å². The van der Waals surface area contributed by atoms with Crippen LogP contribution in [0.15, 0.2) is 53.0 Å². The lowest BCUT2D eigenvalue weighted by Gasteiger charge is -2.08. The first-order valence-electron chi connectivity index (χ1n) is 5.95. The summed E-state index contributed by atoms with van der Waals surface area (Å²) in [5.74, 6) is 0.829. The number of benzene rings is 2. The van der Waals surface area contributed by atoms with Gasteiger partial charge in [0.25, 0.3) is 0 Å².